The summed E-state index contributed by atoms with van der Waals surface area (Å²) >= 11 is 0. The van der Waals surface area contributed by atoms with Gasteiger partial charge in [-0.1, -0.05) is 38.7 Å². The summed E-state index contributed by atoms with van der Waals surface area (Å²) in [6, 6.07) is 9.28. The van der Waals surface area contributed by atoms with Crippen LogP contribution in [0.3, 0.4) is 0 Å². The van der Waals surface area contributed by atoms with Crippen molar-refractivity contribution < 1.29 is 9.64 Å². The molecule has 2 aromatic rings. The molecule has 158 valence electrons. The molecule has 7 nitrogen and oxygen atoms in total. The maximum atomic E-state index is 5.40. The third-order valence-electron chi connectivity index (χ3n) is 6.64. The van der Waals surface area contributed by atoms with E-state index in [1.54, 1.807) is 12.0 Å². The fourth-order valence-electron chi connectivity index (χ4n) is 5.03. The van der Waals surface area contributed by atoms with Gasteiger partial charge in [-0.3, -0.25) is 0 Å². The molecule has 0 spiro atoms. The Labute approximate surface area is 174 Å². The number of nitrogens with zero attached hydrogens (tertiary/aromatic N) is 5. The van der Waals surface area contributed by atoms with Crippen LogP contribution in [0, 0.1) is 0 Å². The molecule has 0 bridgehead atoms. The summed E-state index contributed by atoms with van der Waals surface area (Å²) in [4.78, 5) is 4.09. The molecule has 7 heteroatoms. The van der Waals surface area contributed by atoms with Crippen molar-refractivity contribution in [2.75, 3.05) is 38.2 Å². The summed E-state index contributed by atoms with van der Waals surface area (Å²) in [7, 11) is 1.73. The number of nitrogens with one attached hydrogen (secondary N) is 1. The molecule has 1 aromatic heterocycles. The lowest BCUT2D eigenvalue weighted by Gasteiger charge is -2.37. The van der Waals surface area contributed by atoms with E-state index in [4.69, 9.17) is 4.74 Å². The number of benzene rings is 1. The Hall–Kier alpha value is -2.15. The van der Waals surface area contributed by atoms with E-state index in [1.807, 2.05) is 6.07 Å². The molecule has 0 radical (unpaired) electrons. The molecule has 29 heavy (non-hydrogen) atoms. The number of quaternary nitrogens is 1. The zero-order chi connectivity index (χ0) is 20.1. The molecule has 2 aliphatic rings. The SMILES string of the molecule is CCC[C@@H](c1nnnn1C1CCCCC1)[NH+]1CCN(c2cccc(OC)c2)CC1. The molecule has 1 saturated carbocycles. The molecule has 0 amide bonds. The minimum atomic E-state index is 0.393. The van der Waals surface area contributed by atoms with Gasteiger partial charge in [-0.2, -0.15) is 0 Å². The summed E-state index contributed by atoms with van der Waals surface area (Å²) in [6.07, 6.45) is 8.69. The fourth-order valence-corrected chi connectivity index (χ4v) is 5.03. The van der Waals surface area contributed by atoms with Gasteiger partial charge < -0.3 is 14.5 Å². The third-order valence-corrected chi connectivity index (χ3v) is 6.64. The normalized spacial score (nSPS) is 20.0. The molecular formula is C22H35N6O+. The zero-order valence-corrected chi connectivity index (χ0v) is 17.9. The predicted octanol–water partition coefficient (Wildman–Crippen LogP) is 2.43. The minimum Gasteiger partial charge on any atom is -0.497 e. The van der Waals surface area contributed by atoms with Crippen LogP contribution >= 0.6 is 0 Å². The van der Waals surface area contributed by atoms with E-state index in [1.165, 1.54) is 37.8 Å². The molecule has 1 aliphatic heterocycles. The third kappa shape index (κ3) is 4.55. The van der Waals surface area contributed by atoms with Crippen molar-refractivity contribution in [1.82, 2.24) is 20.2 Å². The lowest BCUT2D eigenvalue weighted by molar-refractivity contribution is -0.933. The highest BCUT2D eigenvalue weighted by molar-refractivity contribution is 5.50. The Morgan fingerprint density at radius 2 is 1.97 bits per heavy atom. The number of hydrogen-bond donors (Lipinski definition) is 1. The number of methoxy groups -OCH3 is 1. The first-order valence-corrected chi connectivity index (χ1v) is 11.3. The lowest BCUT2D eigenvalue weighted by atomic mass is 9.95. The Balaban J connectivity index is 1.46. The number of rotatable bonds is 7. The highest BCUT2D eigenvalue weighted by Crippen LogP contribution is 2.29. The topological polar surface area (TPSA) is 60.5 Å². The van der Waals surface area contributed by atoms with Crippen molar-refractivity contribution in [2.24, 2.45) is 0 Å². The van der Waals surface area contributed by atoms with Crippen molar-refractivity contribution in [3.63, 3.8) is 0 Å². The van der Waals surface area contributed by atoms with Crippen molar-refractivity contribution in [2.45, 2.75) is 64.0 Å². The quantitative estimate of drug-likeness (QED) is 0.775. The first-order chi connectivity index (χ1) is 14.3. The van der Waals surface area contributed by atoms with E-state index < -0.39 is 0 Å². The maximum absolute atomic E-state index is 5.40. The van der Waals surface area contributed by atoms with Crippen LogP contribution in [0.4, 0.5) is 5.69 Å². The summed E-state index contributed by atoms with van der Waals surface area (Å²) < 4.78 is 7.58. The van der Waals surface area contributed by atoms with Crippen LogP contribution in [0.25, 0.3) is 0 Å². The van der Waals surface area contributed by atoms with E-state index >= 15 is 0 Å². The Bertz CT molecular complexity index is 764. The van der Waals surface area contributed by atoms with Crippen LogP contribution in [-0.4, -0.2) is 53.5 Å². The lowest BCUT2D eigenvalue weighted by Crippen LogP contribution is -3.15. The van der Waals surface area contributed by atoms with Gasteiger partial charge in [0.2, 0.25) is 5.82 Å². The largest absolute Gasteiger partial charge is 0.497 e. The average Bonchev–Trinajstić information content (AvgIpc) is 3.28. The van der Waals surface area contributed by atoms with Crippen LogP contribution in [0.5, 0.6) is 5.75 Å². The molecule has 1 atom stereocenters. The first-order valence-electron chi connectivity index (χ1n) is 11.3. The highest BCUT2D eigenvalue weighted by Gasteiger charge is 2.34. The molecule has 1 N–H and O–H groups in total. The van der Waals surface area contributed by atoms with Crippen molar-refractivity contribution in [3.8, 4) is 5.75 Å². The molecule has 1 aliphatic carbocycles. The standard InChI is InChI=1S/C22H34N6O/c1-3-8-21(22-23-24-25-28(22)18-9-5-4-6-10-18)27-15-13-26(14-16-27)19-11-7-12-20(17-19)29-2/h7,11-12,17-18,21H,3-6,8-10,13-16H2,1-2H3/p+1/t21-/m0/s1. The number of hydrogen-bond acceptors (Lipinski definition) is 5. The molecule has 2 fully saturated rings. The second kappa shape index (κ2) is 9.57. The van der Waals surface area contributed by atoms with E-state index in [-0.39, 0.29) is 0 Å². The van der Waals surface area contributed by atoms with Gasteiger partial charge in [0.05, 0.1) is 39.3 Å². The number of piperazine rings is 1. The fraction of sp³-hybridized carbons (Fsp3) is 0.682. The summed E-state index contributed by atoms with van der Waals surface area (Å²) in [6.45, 7) is 6.59. The minimum absolute atomic E-state index is 0.393. The molecule has 0 unspecified atom stereocenters. The van der Waals surface area contributed by atoms with Crippen molar-refractivity contribution in [1.29, 1.82) is 0 Å². The summed E-state index contributed by atoms with van der Waals surface area (Å²) in [5.74, 6) is 2.04. The average molecular weight is 400 g/mol. The van der Waals surface area contributed by atoms with Crippen molar-refractivity contribution >= 4 is 5.69 Å². The maximum Gasteiger partial charge on any atom is 0.209 e. The molecule has 1 saturated heterocycles. The van der Waals surface area contributed by atoms with Gasteiger partial charge in [-0.25, -0.2) is 4.68 Å². The monoisotopic (exact) mass is 399 g/mol. The van der Waals surface area contributed by atoms with Crippen LogP contribution in [0.15, 0.2) is 24.3 Å². The van der Waals surface area contributed by atoms with Crippen molar-refractivity contribution in [3.05, 3.63) is 30.1 Å². The Morgan fingerprint density at radius 1 is 1.17 bits per heavy atom. The van der Waals surface area contributed by atoms with Crippen LogP contribution < -0.4 is 14.5 Å². The van der Waals surface area contributed by atoms with E-state index in [0.29, 0.717) is 12.1 Å². The molecule has 1 aromatic carbocycles. The van der Waals surface area contributed by atoms with Crippen LogP contribution in [0.1, 0.15) is 69.8 Å². The highest BCUT2D eigenvalue weighted by atomic mass is 16.5. The molecule has 4 rings (SSSR count). The number of tetrazole rings is 1. The first kappa shape index (κ1) is 20.1. The van der Waals surface area contributed by atoms with Gasteiger partial charge >= 0.3 is 0 Å². The molecular weight excluding hydrogens is 364 g/mol. The summed E-state index contributed by atoms with van der Waals surface area (Å²) in [5.41, 5.74) is 1.25. The number of ether oxygens (including phenoxy) is 1. The Morgan fingerprint density at radius 3 is 2.69 bits per heavy atom. The van der Waals surface area contributed by atoms with Crippen LogP contribution in [0.2, 0.25) is 0 Å². The smallest absolute Gasteiger partial charge is 0.209 e. The van der Waals surface area contributed by atoms with Gasteiger partial charge in [0, 0.05) is 18.2 Å². The van der Waals surface area contributed by atoms with E-state index in [0.717, 1.165) is 50.6 Å². The van der Waals surface area contributed by atoms with Gasteiger partial charge in [-0.15, -0.1) is 5.10 Å². The predicted molar refractivity (Wildman–Crippen MR) is 113 cm³/mol. The number of aromatic nitrogens is 4. The van der Waals surface area contributed by atoms with E-state index in [9.17, 15) is 0 Å². The van der Waals surface area contributed by atoms with Gasteiger partial charge in [0.25, 0.3) is 0 Å². The van der Waals surface area contributed by atoms with Gasteiger partial charge in [-0.05, 0) is 35.4 Å². The number of anilines is 1. The van der Waals surface area contributed by atoms with Crippen LogP contribution in [-0.2, 0) is 0 Å². The second-order valence-electron chi connectivity index (χ2n) is 8.46. The van der Waals surface area contributed by atoms with Gasteiger partial charge in [0.1, 0.15) is 11.8 Å². The van der Waals surface area contributed by atoms with E-state index in [2.05, 4.69) is 50.2 Å². The summed E-state index contributed by atoms with van der Waals surface area (Å²) in [5, 5.41) is 13.1. The Kier molecular flexibility index (Phi) is 6.64. The second-order valence-corrected chi connectivity index (χ2v) is 8.46. The molecule has 2 heterocycles. The van der Waals surface area contributed by atoms with Gasteiger partial charge in [0.15, 0.2) is 0 Å². The zero-order valence-electron chi connectivity index (χ0n) is 17.9.